The number of amides is 2. The number of hydrogen-bond donors (Lipinski definition) is 1. The van der Waals surface area contributed by atoms with Crippen LogP contribution in [0.4, 0.5) is 18.0 Å². The van der Waals surface area contributed by atoms with Gasteiger partial charge in [0.05, 0.1) is 10.0 Å². The maximum absolute atomic E-state index is 12.8. The number of nitrogens with zero attached hydrogens (tertiary/aromatic N) is 2. The van der Waals surface area contributed by atoms with Crippen LogP contribution < -0.4 is 0 Å². The van der Waals surface area contributed by atoms with Crippen molar-refractivity contribution in [3.05, 3.63) is 33.8 Å². The topological polar surface area (TPSA) is 60.9 Å². The molecule has 2 rings (SSSR count). The first kappa shape index (κ1) is 19.7. The van der Waals surface area contributed by atoms with E-state index >= 15 is 0 Å². The first-order valence-electron chi connectivity index (χ1n) is 7.29. The molecule has 0 aliphatic carbocycles. The van der Waals surface area contributed by atoms with Gasteiger partial charge in [-0.05, 0) is 24.1 Å². The van der Waals surface area contributed by atoms with Crippen molar-refractivity contribution >= 4 is 35.2 Å². The lowest BCUT2D eigenvalue weighted by Crippen LogP contribution is -2.54. The van der Waals surface area contributed by atoms with Gasteiger partial charge in [0, 0.05) is 32.1 Å². The van der Waals surface area contributed by atoms with Crippen LogP contribution in [0.15, 0.2) is 18.2 Å². The van der Waals surface area contributed by atoms with Crippen molar-refractivity contribution in [2.24, 2.45) is 0 Å². The van der Waals surface area contributed by atoms with Gasteiger partial charge in [0.1, 0.15) is 0 Å². The van der Waals surface area contributed by atoms with E-state index in [1.807, 2.05) is 0 Å². The second kappa shape index (κ2) is 7.29. The van der Waals surface area contributed by atoms with E-state index in [4.69, 9.17) is 23.2 Å². The number of carbonyl (C=O) groups excluding carboxylic acids is 1. The molecule has 0 aromatic heterocycles. The highest BCUT2D eigenvalue weighted by molar-refractivity contribution is 6.42. The summed E-state index contributed by atoms with van der Waals surface area (Å²) >= 11 is 11.8. The minimum Gasteiger partial charge on any atom is -0.465 e. The van der Waals surface area contributed by atoms with E-state index in [2.05, 4.69) is 0 Å². The zero-order valence-electron chi connectivity index (χ0n) is 13.1. The van der Waals surface area contributed by atoms with Crippen molar-refractivity contribution in [2.75, 3.05) is 20.1 Å². The Hall–Kier alpha value is -1.67. The fourth-order valence-electron chi connectivity index (χ4n) is 3.00. The van der Waals surface area contributed by atoms with Crippen molar-refractivity contribution in [3.63, 3.8) is 0 Å². The monoisotopic (exact) mass is 398 g/mol. The lowest BCUT2D eigenvalue weighted by Gasteiger charge is -2.42. The average Bonchev–Trinajstić information content (AvgIpc) is 2.54. The Morgan fingerprint density at radius 3 is 2.44 bits per heavy atom. The molecule has 1 saturated heterocycles. The molecule has 1 unspecified atom stereocenters. The second-order valence-electron chi connectivity index (χ2n) is 5.78. The zero-order chi connectivity index (χ0) is 18.9. The summed E-state index contributed by atoms with van der Waals surface area (Å²) in [6, 6.07) is 3.73. The Morgan fingerprint density at radius 1 is 1.28 bits per heavy atom. The summed E-state index contributed by atoms with van der Waals surface area (Å²) in [5.41, 5.74) is 0.521. The van der Waals surface area contributed by atoms with Crippen molar-refractivity contribution < 1.29 is 27.9 Å². The Bertz CT molecular complexity index is 684. The van der Waals surface area contributed by atoms with E-state index in [0.29, 0.717) is 10.5 Å². The molecule has 0 bridgehead atoms. The van der Waals surface area contributed by atoms with E-state index in [1.54, 1.807) is 6.07 Å². The minimum absolute atomic E-state index is 0.0350. The van der Waals surface area contributed by atoms with Gasteiger partial charge in [-0.2, -0.15) is 13.2 Å². The van der Waals surface area contributed by atoms with Crippen LogP contribution in [-0.2, 0) is 4.79 Å². The first-order chi connectivity index (χ1) is 11.5. The molecule has 25 heavy (non-hydrogen) atoms. The summed E-state index contributed by atoms with van der Waals surface area (Å²) in [5, 5.41) is 9.66. The largest absolute Gasteiger partial charge is 0.471 e. The molecule has 0 spiro atoms. The normalized spacial score (nSPS) is 21.1. The first-order valence-corrected chi connectivity index (χ1v) is 8.04. The molecule has 2 atom stereocenters. The summed E-state index contributed by atoms with van der Waals surface area (Å²) < 4.78 is 38.3. The van der Waals surface area contributed by atoms with Crippen LogP contribution in [0.2, 0.25) is 10.0 Å². The van der Waals surface area contributed by atoms with E-state index < -0.39 is 30.1 Å². The number of halogens is 5. The van der Waals surface area contributed by atoms with Gasteiger partial charge in [-0.3, -0.25) is 4.79 Å². The third-order valence-corrected chi connectivity index (χ3v) is 5.02. The zero-order valence-corrected chi connectivity index (χ0v) is 14.6. The molecule has 0 saturated carbocycles. The number of carbonyl (C=O) groups is 2. The molecule has 5 nitrogen and oxygen atoms in total. The third kappa shape index (κ3) is 4.30. The number of carboxylic acid groups (broad SMARTS) is 1. The Morgan fingerprint density at radius 2 is 1.92 bits per heavy atom. The van der Waals surface area contributed by atoms with Crippen LogP contribution >= 0.6 is 23.2 Å². The molecule has 1 fully saturated rings. The standard InChI is InChI=1S/C15H15Cl2F3N2O3/c1-21(13(23)15(18,19)20)12-4-5-22(14(24)25)7-9(12)8-2-3-10(16)11(17)6-8/h2-3,6,9,12H,4-5,7H2,1H3,(H,24,25)/t9?,12-/m1/s1. The van der Waals surface area contributed by atoms with Gasteiger partial charge in [0.25, 0.3) is 0 Å². The molecule has 1 aromatic rings. The van der Waals surface area contributed by atoms with E-state index in [9.17, 15) is 27.9 Å². The molecule has 10 heteroatoms. The van der Waals surface area contributed by atoms with Gasteiger partial charge in [0.15, 0.2) is 0 Å². The lowest BCUT2D eigenvalue weighted by atomic mass is 9.85. The molecular weight excluding hydrogens is 384 g/mol. The smallest absolute Gasteiger partial charge is 0.465 e. The third-order valence-electron chi connectivity index (χ3n) is 4.28. The Labute approximate surface area is 151 Å². The molecule has 1 aromatic carbocycles. The number of likely N-dealkylation sites (N-methyl/N-ethyl adjacent to an activating group) is 1. The predicted octanol–water partition coefficient (Wildman–Crippen LogP) is 3.85. The summed E-state index contributed by atoms with van der Waals surface area (Å²) in [4.78, 5) is 24.6. The molecule has 1 aliphatic heterocycles. The van der Waals surface area contributed by atoms with Crippen LogP contribution in [0, 0.1) is 0 Å². The van der Waals surface area contributed by atoms with E-state index in [1.165, 1.54) is 12.1 Å². The maximum Gasteiger partial charge on any atom is 0.471 e. The van der Waals surface area contributed by atoms with Gasteiger partial charge < -0.3 is 14.9 Å². The van der Waals surface area contributed by atoms with E-state index in [0.717, 1.165) is 11.9 Å². The summed E-state index contributed by atoms with van der Waals surface area (Å²) in [6.07, 6.45) is -6.09. The molecule has 1 aliphatic rings. The quantitative estimate of drug-likeness (QED) is 0.822. The van der Waals surface area contributed by atoms with Gasteiger partial charge in [-0.1, -0.05) is 29.3 Å². The number of rotatable bonds is 2. The second-order valence-corrected chi connectivity index (χ2v) is 6.59. The molecule has 138 valence electrons. The fraction of sp³-hybridized carbons (Fsp3) is 0.467. The summed E-state index contributed by atoms with van der Waals surface area (Å²) in [6.45, 7) is -0.0132. The molecular formula is C15H15Cl2F3N2O3. The van der Waals surface area contributed by atoms with Gasteiger partial charge in [-0.25, -0.2) is 4.79 Å². The van der Waals surface area contributed by atoms with Crippen molar-refractivity contribution in [1.29, 1.82) is 0 Å². The number of alkyl halides is 3. The summed E-state index contributed by atoms with van der Waals surface area (Å²) in [7, 11) is 1.07. The van der Waals surface area contributed by atoms with E-state index in [-0.39, 0.29) is 29.6 Å². The number of hydrogen-bond acceptors (Lipinski definition) is 2. The van der Waals surface area contributed by atoms with Crippen LogP contribution in [0.5, 0.6) is 0 Å². The highest BCUT2D eigenvalue weighted by Crippen LogP contribution is 2.35. The fourth-order valence-corrected chi connectivity index (χ4v) is 3.30. The van der Waals surface area contributed by atoms with Crippen LogP contribution in [0.1, 0.15) is 17.9 Å². The lowest BCUT2D eigenvalue weighted by molar-refractivity contribution is -0.187. The highest BCUT2D eigenvalue weighted by atomic mass is 35.5. The van der Waals surface area contributed by atoms with Crippen LogP contribution in [0.3, 0.4) is 0 Å². The Balaban J connectivity index is 2.37. The van der Waals surface area contributed by atoms with Crippen molar-refractivity contribution in [2.45, 2.75) is 24.6 Å². The van der Waals surface area contributed by atoms with Gasteiger partial charge in [-0.15, -0.1) is 0 Å². The van der Waals surface area contributed by atoms with Crippen LogP contribution in [-0.4, -0.2) is 59.3 Å². The maximum atomic E-state index is 12.8. The summed E-state index contributed by atoms with van der Waals surface area (Å²) in [5.74, 6) is -2.62. The Kier molecular flexibility index (Phi) is 5.73. The molecule has 2 amide bonds. The molecule has 1 heterocycles. The number of benzene rings is 1. The minimum atomic E-state index is -5.00. The van der Waals surface area contributed by atoms with Gasteiger partial charge >= 0.3 is 18.2 Å². The predicted molar refractivity (Wildman–Crippen MR) is 86.0 cm³/mol. The number of piperidine rings is 1. The average molecular weight is 399 g/mol. The molecule has 1 N–H and O–H groups in total. The van der Waals surface area contributed by atoms with Crippen molar-refractivity contribution in [3.8, 4) is 0 Å². The van der Waals surface area contributed by atoms with Crippen LogP contribution in [0.25, 0.3) is 0 Å². The SMILES string of the molecule is CN(C(=O)C(F)(F)F)[C@@H]1CCN(C(=O)O)CC1c1ccc(Cl)c(Cl)c1. The van der Waals surface area contributed by atoms with Crippen molar-refractivity contribution in [1.82, 2.24) is 9.80 Å². The number of likely N-dealkylation sites (tertiary alicyclic amines) is 1. The molecule has 0 radical (unpaired) electrons. The highest BCUT2D eigenvalue weighted by Gasteiger charge is 2.46. The van der Waals surface area contributed by atoms with Gasteiger partial charge in [0.2, 0.25) is 0 Å².